The summed E-state index contributed by atoms with van der Waals surface area (Å²) in [5, 5.41) is 0. The van der Waals surface area contributed by atoms with E-state index in [9.17, 15) is 17.6 Å². The lowest BCUT2D eigenvalue weighted by molar-refractivity contribution is -0.253. The fourth-order valence-corrected chi connectivity index (χ4v) is 1.84. The van der Waals surface area contributed by atoms with Crippen LogP contribution in [0.15, 0.2) is 24.3 Å². The Balaban J connectivity index is 2.82. The number of hydrogen-bond acceptors (Lipinski definition) is 2. The van der Waals surface area contributed by atoms with Crippen molar-refractivity contribution in [1.82, 2.24) is 0 Å². The highest BCUT2D eigenvalue weighted by Crippen LogP contribution is 2.33. The minimum absolute atomic E-state index is 0.290. The quantitative estimate of drug-likeness (QED) is 0.565. The maximum Gasteiger partial charge on any atom is 0.461 e. The molecule has 6 heteroatoms. The third-order valence-corrected chi connectivity index (χ3v) is 2.94. The summed E-state index contributed by atoms with van der Waals surface area (Å²) in [7, 11) is 0. The Morgan fingerprint density at radius 1 is 1.20 bits per heavy atom. The van der Waals surface area contributed by atoms with Gasteiger partial charge in [0.1, 0.15) is 5.75 Å². The molecule has 0 unspecified atom stereocenters. The minimum Gasteiger partial charge on any atom is -0.428 e. The summed E-state index contributed by atoms with van der Waals surface area (Å²) in [6.07, 6.45) is -4.98. The Kier molecular flexibility index (Phi) is 6.26. The summed E-state index contributed by atoms with van der Waals surface area (Å²) >= 11 is 0. The number of halogens is 4. The zero-order chi connectivity index (χ0) is 15.2. The standard InChI is InChI=1S/C14H19F4NO/c1-2-3-4-8-11(19)10-7-5-6-9-12(10)20-14(17,18)13(15)16/h5-7,9,11,13H,2-4,8,19H2,1H3/t11-/m0/s1. The predicted molar refractivity (Wildman–Crippen MR) is 69.1 cm³/mol. The monoisotopic (exact) mass is 293 g/mol. The van der Waals surface area contributed by atoms with Crippen LogP contribution in [0.1, 0.15) is 44.2 Å². The fraction of sp³-hybridized carbons (Fsp3) is 0.571. The van der Waals surface area contributed by atoms with Crippen LogP contribution in [0.25, 0.3) is 0 Å². The first-order valence-corrected chi connectivity index (χ1v) is 6.58. The predicted octanol–water partition coefficient (Wildman–Crippen LogP) is 4.50. The van der Waals surface area contributed by atoms with Gasteiger partial charge in [-0.3, -0.25) is 0 Å². The van der Waals surface area contributed by atoms with E-state index in [1.165, 1.54) is 18.2 Å². The Hall–Kier alpha value is -1.30. The van der Waals surface area contributed by atoms with Gasteiger partial charge in [-0.05, 0) is 12.5 Å². The molecule has 0 radical (unpaired) electrons. The molecular formula is C14H19F4NO. The molecule has 0 saturated carbocycles. The van der Waals surface area contributed by atoms with Crippen LogP contribution in [0.3, 0.4) is 0 Å². The lowest BCUT2D eigenvalue weighted by atomic mass is 10.0. The van der Waals surface area contributed by atoms with Gasteiger partial charge in [0.2, 0.25) is 0 Å². The summed E-state index contributed by atoms with van der Waals surface area (Å²) in [4.78, 5) is 0. The van der Waals surface area contributed by atoms with Crippen LogP contribution in [0.2, 0.25) is 0 Å². The van der Waals surface area contributed by atoms with Crippen LogP contribution in [-0.2, 0) is 0 Å². The Morgan fingerprint density at radius 3 is 2.45 bits per heavy atom. The molecule has 0 spiro atoms. The van der Waals surface area contributed by atoms with Gasteiger partial charge in [-0.2, -0.15) is 17.6 Å². The van der Waals surface area contributed by atoms with Gasteiger partial charge in [-0.15, -0.1) is 0 Å². The zero-order valence-corrected chi connectivity index (χ0v) is 11.3. The molecule has 0 aliphatic rings. The SMILES string of the molecule is CCCCC[C@H](N)c1ccccc1OC(F)(F)C(F)F. The van der Waals surface area contributed by atoms with E-state index in [1.54, 1.807) is 6.07 Å². The summed E-state index contributed by atoms with van der Waals surface area (Å²) in [6, 6.07) is 5.30. The fourth-order valence-electron chi connectivity index (χ4n) is 1.84. The van der Waals surface area contributed by atoms with Gasteiger partial charge in [0.05, 0.1) is 0 Å². The average molecular weight is 293 g/mol. The maximum absolute atomic E-state index is 13.0. The van der Waals surface area contributed by atoms with Gasteiger partial charge in [-0.25, -0.2) is 0 Å². The molecule has 1 aromatic rings. The van der Waals surface area contributed by atoms with Crippen molar-refractivity contribution in [3.05, 3.63) is 29.8 Å². The molecule has 0 fully saturated rings. The second-order valence-electron chi connectivity index (χ2n) is 4.60. The molecule has 1 atom stereocenters. The van der Waals surface area contributed by atoms with Gasteiger partial charge in [0, 0.05) is 11.6 Å². The van der Waals surface area contributed by atoms with Crippen LogP contribution < -0.4 is 10.5 Å². The molecule has 114 valence electrons. The molecule has 20 heavy (non-hydrogen) atoms. The molecule has 1 aromatic carbocycles. The number of hydrogen-bond donors (Lipinski definition) is 1. The number of para-hydroxylation sites is 1. The molecule has 2 nitrogen and oxygen atoms in total. The number of alkyl halides is 4. The van der Waals surface area contributed by atoms with E-state index in [0.717, 1.165) is 19.3 Å². The Bertz CT molecular complexity index is 412. The number of rotatable bonds is 8. The highest BCUT2D eigenvalue weighted by Gasteiger charge is 2.44. The van der Waals surface area contributed by atoms with Crippen LogP contribution in [0, 0.1) is 0 Å². The van der Waals surface area contributed by atoms with Crippen LogP contribution in [0.5, 0.6) is 5.75 Å². The van der Waals surface area contributed by atoms with Crippen molar-refractivity contribution in [2.45, 2.75) is 51.2 Å². The average Bonchev–Trinajstić information content (AvgIpc) is 2.39. The van der Waals surface area contributed by atoms with Crippen molar-refractivity contribution < 1.29 is 22.3 Å². The van der Waals surface area contributed by atoms with E-state index in [-0.39, 0.29) is 5.75 Å². The summed E-state index contributed by atoms with van der Waals surface area (Å²) < 4.78 is 54.4. The summed E-state index contributed by atoms with van der Waals surface area (Å²) in [5.74, 6) is -0.290. The number of unbranched alkanes of at least 4 members (excludes halogenated alkanes) is 2. The molecular weight excluding hydrogens is 274 g/mol. The van der Waals surface area contributed by atoms with Crippen molar-refractivity contribution in [2.75, 3.05) is 0 Å². The molecule has 0 aromatic heterocycles. The van der Waals surface area contributed by atoms with E-state index in [1.807, 2.05) is 6.92 Å². The second kappa shape index (κ2) is 7.47. The summed E-state index contributed by atoms with van der Waals surface area (Å²) in [5.41, 5.74) is 6.24. The highest BCUT2D eigenvalue weighted by atomic mass is 19.3. The molecule has 0 aliphatic carbocycles. The molecule has 1 rings (SSSR count). The third-order valence-electron chi connectivity index (χ3n) is 2.94. The first kappa shape index (κ1) is 16.8. The van der Waals surface area contributed by atoms with Crippen LogP contribution in [-0.4, -0.2) is 12.5 Å². The smallest absolute Gasteiger partial charge is 0.428 e. The van der Waals surface area contributed by atoms with Crippen molar-refractivity contribution in [3.8, 4) is 5.75 Å². The molecule has 0 aliphatic heterocycles. The van der Waals surface area contributed by atoms with Crippen molar-refractivity contribution in [3.63, 3.8) is 0 Å². The largest absolute Gasteiger partial charge is 0.461 e. The van der Waals surface area contributed by atoms with Crippen molar-refractivity contribution in [1.29, 1.82) is 0 Å². The van der Waals surface area contributed by atoms with Gasteiger partial charge in [-0.1, -0.05) is 44.4 Å². The molecule has 0 heterocycles. The van der Waals surface area contributed by atoms with E-state index in [2.05, 4.69) is 4.74 Å². The minimum atomic E-state index is -4.51. The Morgan fingerprint density at radius 2 is 1.85 bits per heavy atom. The van der Waals surface area contributed by atoms with Crippen molar-refractivity contribution in [2.24, 2.45) is 5.73 Å². The van der Waals surface area contributed by atoms with Gasteiger partial charge < -0.3 is 10.5 Å². The van der Waals surface area contributed by atoms with Gasteiger partial charge in [0.15, 0.2) is 0 Å². The Labute approximate surface area is 115 Å². The van der Waals surface area contributed by atoms with Crippen LogP contribution in [0.4, 0.5) is 17.6 Å². The number of benzene rings is 1. The first-order chi connectivity index (χ1) is 9.38. The van der Waals surface area contributed by atoms with Crippen molar-refractivity contribution >= 4 is 0 Å². The van der Waals surface area contributed by atoms with E-state index in [4.69, 9.17) is 5.73 Å². The van der Waals surface area contributed by atoms with Crippen LogP contribution >= 0.6 is 0 Å². The maximum atomic E-state index is 13.0. The van der Waals surface area contributed by atoms with Gasteiger partial charge in [0.25, 0.3) is 0 Å². The number of nitrogens with two attached hydrogens (primary N) is 1. The lowest BCUT2D eigenvalue weighted by Crippen LogP contribution is -2.34. The highest BCUT2D eigenvalue weighted by molar-refractivity contribution is 5.36. The molecule has 0 saturated heterocycles. The first-order valence-electron chi connectivity index (χ1n) is 6.58. The summed E-state index contributed by atoms with van der Waals surface area (Å²) in [6.45, 7) is 2.03. The second-order valence-corrected chi connectivity index (χ2v) is 4.60. The third kappa shape index (κ3) is 4.67. The lowest BCUT2D eigenvalue weighted by Gasteiger charge is -2.21. The zero-order valence-electron chi connectivity index (χ0n) is 11.3. The number of ether oxygens (including phenoxy) is 1. The normalized spacial score (nSPS) is 13.6. The van der Waals surface area contributed by atoms with E-state index in [0.29, 0.717) is 12.0 Å². The molecule has 0 amide bonds. The van der Waals surface area contributed by atoms with E-state index < -0.39 is 18.6 Å². The topological polar surface area (TPSA) is 35.2 Å². The van der Waals surface area contributed by atoms with Gasteiger partial charge >= 0.3 is 12.5 Å². The molecule has 2 N–H and O–H groups in total. The van der Waals surface area contributed by atoms with E-state index >= 15 is 0 Å². The molecule has 0 bridgehead atoms.